The van der Waals surface area contributed by atoms with Crippen LogP contribution >= 0.6 is 0 Å². The summed E-state index contributed by atoms with van der Waals surface area (Å²) in [6.07, 6.45) is 0.661. The molecule has 140 valence electrons. The Labute approximate surface area is 157 Å². The third-order valence-corrected chi connectivity index (χ3v) is 5.05. The summed E-state index contributed by atoms with van der Waals surface area (Å²) in [4.78, 5) is 16.6. The number of ether oxygens (including phenoxy) is 1. The van der Waals surface area contributed by atoms with Crippen LogP contribution in [0.4, 0.5) is 5.69 Å². The number of hydrogen-bond acceptors (Lipinski definition) is 5. The molecule has 0 saturated carbocycles. The lowest BCUT2D eigenvalue weighted by molar-refractivity contribution is -0.140. The zero-order chi connectivity index (χ0) is 18.8. The van der Waals surface area contributed by atoms with Gasteiger partial charge in [0.1, 0.15) is 5.75 Å². The molecule has 0 spiro atoms. The number of hydrogen-bond donors (Lipinski definition) is 2. The molecule has 1 aliphatic rings. The number of carbonyl (C=O) groups is 1. The Balaban J connectivity index is 1.39. The third-order valence-electron chi connectivity index (χ3n) is 5.05. The first-order chi connectivity index (χ1) is 13.2. The summed E-state index contributed by atoms with van der Waals surface area (Å²) in [5.41, 5.74) is 2.70. The number of piperazine rings is 1. The number of amides is 1. The Kier molecular flexibility index (Phi) is 4.68. The highest BCUT2D eigenvalue weighted by molar-refractivity contribution is 5.83. The quantitative estimate of drug-likeness (QED) is 0.738. The smallest absolute Gasteiger partial charge is 0.256 e. The lowest BCUT2D eigenvalue weighted by Crippen LogP contribution is -2.50. The number of nitrogens with zero attached hydrogens (tertiary/aromatic N) is 3. The topological polar surface area (TPSA) is 81.7 Å². The highest BCUT2D eigenvalue weighted by Gasteiger charge is 2.27. The number of fused-ring (bicyclic) bond motifs is 1. The maximum absolute atomic E-state index is 12.7. The molecule has 2 N–H and O–H groups in total. The van der Waals surface area contributed by atoms with E-state index >= 15 is 0 Å². The van der Waals surface area contributed by atoms with Gasteiger partial charge in [-0.05, 0) is 35.9 Å². The summed E-state index contributed by atoms with van der Waals surface area (Å²) in [6, 6.07) is 13.1. The Hall–Kier alpha value is -3.06. The highest BCUT2D eigenvalue weighted by atomic mass is 16.5. The summed E-state index contributed by atoms with van der Waals surface area (Å²) in [6.45, 7) is 2.61. The van der Waals surface area contributed by atoms with E-state index in [9.17, 15) is 9.90 Å². The van der Waals surface area contributed by atoms with Crippen molar-refractivity contribution < 1.29 is 14.6 Å². The van der Waals surface area contributed by atoms with Crippen molar-refractivity contribution in [3.63, 3.8) is 0 Å². The van der Waals surface area contributed by atoms with Gasteiger partial charge in [-0.2, -0.15) is 5.10 Å². The fraction of sp³-hybridized carbons (Fsp3) is 0.300. The molecule has 3 aromatic rings. The van der Waals surface area contributed by atoms with Crippen molar-refractivity contribution in [2.75, 3.05) is 38.2 Å². The second-order valence-electron chi connectivity index (χ2n) is 6.63. The van der Waals surface area contributed by atoms with Crippen LogP contribution in [0, 0.1) is 0 Å². The van der Waals surface area contributed by atoms with Gasteiger partial charge in [0.15, 0.2) is 6.10 Å². The standard InChI is InChI=1S/C20H22N4O3/c1-27-17-5-2-14(3-6-17)19(25)20(26)24-10-8-23(9-11-24)16-4-7-18-15(12-16)13-21-22-18/h2-7,12-13,19,25H,8-11H2,1H3,(H,21,22). The van der Waals surface area contributed by atoms with E-state index < -0.39 is 6.10 Å². The number of aliphatic hydroxyl groups excluding tert-OH is 1. The van der Waals surface area contributed by atoms with Crippen LogP contribution in [-0.4, -0.2) is 59.4 Å². The molecule has 0 radical (unpaired) electrons. The fourth-order valence-electron chi connectivity index (χ4n) is 3.41. The summed E-state index contributed by atoms with van der Waals surface area (Å²) >= 11 is 0. The van der Waals surface area contributed by atoms with Crippen molar-refractivity contribution in [1.82, 2.24) is 15.1 Å². The SMILES string of the molecule is COc1ccc(C(O)C(=O)N2CCN(c3ccc4[nH]ncc4c3)CC2)cc1. The zero-order valence-corrected chi connectivity index (χ0v) is 15.1. The fourth-order valence-corrected chi connectivity index (χ4v) is 3.41. The molecule has 7 heteroatoms. The molecule has 1 amide bonds. The van der Waals surface area contributed by atoms with Gasteiger partial charge in [0.25, 0.3) is 5.91 Å². The predicted molar refractivity (Wildman–Crippen MR) is 103 cm³/mol. The average molecular weight is 366 g/mol. The first-order valence-corrected chi connectivity index (χ1v) is 8.94. The van der Waals surface area contributed by atoms with Gasteiger partial charge >= 0.3 is 0 Å². The van der Waals surface area contributed by atoms with Crippen molar-refractivity contribution in [3.8, 4) is 5.75 Å². The lowest BCUT2D eigenvalue weighted by atomic mass is 10.1. The maximum atomic E-state index is 12.7. The Morgan fingerprint density at radius 2 is 1.89 bits per heavy atom. The number of aromatic amines is 1. The second kappa shape index (κ2) is 7.28. The van der Waals surface area contributed by atoms with E-state index in [2.05, 4.69) is 27.2 Å². The number of H-pyrrole nitrogens is 1. The molecule has 27 heavy (non-hydrogen) atoms. The van der Waals surface area contributed by atoms with E-state index in [0.717, 1.165) is 29.7 Å². The minimum Gasteiger partial charge on any atom is -0.497 e. The van der Waals surface area contributed by atoms with Gasteiger partial charge in [-0.15, -0.1) is 0 Å². The van der Waals surface area contributed by atoms with Crippen LogP contribution in [0.15, 0.2) is 48.7 Å². The summed E-state index contributed by atoms with van der Waals surface area (Å²) in [5, 5.41) is 18.5. The van der Waals surface area contributed by atoms with E-state index in [1.165, 1.54) is 0 Å². The second-order valence-corrected chi connectivity index (χ2v) is 6.63. The lowest BCUT2D eigenvalue weighted by Gasteiger charge is -2.37. The highest BCUT2D eigenvalue weighted by Crippen LogP contribution is 2.24. The van der Waals surface area contributed by atoms with Gasteiger partial charge in [0.05, 0.1) is 18.8 Å². The van der Waals surface area contributed by atoms with Gasteiger partial charge in [0.2, 0.25) is 0 Å². The normalized spacial score (nSPS) is 15.8. The molecule has 1 unspecified atom stereocenters. The molecular formula is C20H22N4O3. The van der Waals surface area contributed by atoms with Gasteiger partial charge in [-0.25, -0.2) is 0 Å². The van der Waals surface area contributed by atoms with Crippen LogP contribution in [0.25, 0.3) is 10.9 Å². The number of rotatable bonds is 4. The summed E-state index contributed by atoms with van der Waals surface area (Å²) in [5.74, 6) is 0.437. The van der Waals surface area contributed by atoms with Crippen LogP contribution < -0.4 is 9.64 Å². The molecule has 1 aromatic heterocycles. The number of methoxy groups -OCH3 is 1. The van der Waals surface area contributed by atoms with E-state index in [1.54, 1.807) is 36.3 Å². The van der Waals surface area contributed by atoms with Crippen molar-refractivity contribution in [2.45, 2.75) is 6.10 Å². The summed E-state index contributed by atoms with van der Waals surface area (Å²) < 4.78 is 5.11. The molecule has 1 fully saturated rings. The Morgan fingerprint density at radius 3 is 2.59 bits per heavy atom. The number of nitrogens with one attached hydrogen (secondary N) is 1. The molecule has 2 heterocycles. The molecule has 1 aliphatic heterocycles. The number of carbonyl (C=O) groups excluding carboxylic acids is 1. The minimum absolute atomic E-state index is 0.259. The molecule has 0 bridgehead atoms. The molecular weight excluding hydrogens is 344 g/mol. The molecule has 2 aromatic carbocycles. The van der Waals surface area contributed by atoms with Crippen molar-refractivity contribution in [3.05, 3.63) is 54.2 Å². The first kappa shape index (κ1) is 17.4. The van der Waals surface area contributed by atoms with Gasteiger partial charge in [0, 0.05) is 37.3 Å². The van der Waals surface area contributed by atoms with Crippen LogP contribution in [-0.2, 0) is 4.79 Å². The molecule has 4 rings (SSSR count). The largest absolute Gasteiger partial charge is 0.497 e. The van der Waals surface area contributed by atoms with Gasteiger partial charge in [-0.1, -0.05) is 12.1 Å². The summed E-state index contributed by atoms with van der Waals surface area (Å²) in [7, 11) is 1.58. The Bertz CT molecular complexity index is 930. The van der Waals surface area contributed by atoms with Crippen LogP contribution in [0.3, 0.4) is 0 Å². The molecule has 1 saturated heterocycles. The van der Waals surface area contributed by atoms with Crippen LogP contribution in [0.5, 0.6) is 5.75 Å². The molecule has 0 aliphatic carbocycles. The predicted octanol–water partition coefficient (Wildman–Crippen LogP) is 1.95. The Morgan fingerprint density at radius 1 is 1.15 bits per heavy atom. The first-order valence-electron chi connectivity index (χ1n) is 8.94. The maximum Gasteiger partial charge on any atom is 0.256 e. The molecule has 1 atom stereocenters. The number of benzene rings is 2. The van der Waals surface area contributed by atoms with E-state index in [4.69, 9.17) is 4.74 Å². The van der Waals surface area contributed by atoms with Gasteiger partial charge in [-0.3, -0.25) is 9.89 Å². The minimum atomic E-state index is -1.15. The third kappa shape index (κ3) is 3.46. The number of aromatic nitrogens is 2. The number of anilines is 1. The van der Waals surface area contributed by atoms with Crippen molar-refractivity contribution >= 4 is 22.5 Å². The number of aliphatic hydroxyl groups is 1. The van der Waals surface area contributed by atoms with Gasteiger partial charge < -0.3 is 19.6 Å². The van der Waals surface area contributed by atoms with E-state index in [0.29, 0.717) is 24.4 Å². The van der Waals surface area contributed by atoms with Crippen LogP contribution in [0.2, 0.25) is 0 Å². The van der Waals surface area contributed by atoms with Crippen molar-refractivity contribution in [1.29, 1.82) is 0 Å². The monoisotopic (exact) mass is 366 g/mol. The van der Waals surface area contributed by atoms with E-state index in [-0.39, 0.29) is 5.91 Å². The van der Waals surface area contributed by atoms with Crippen LogP contribution in [0.1, 0.15) is 11.7 Å². The van der Waals surface area contributed by atoms with Crippen molar-refractivity contribution in [2.24, 2.45) is 0 Å². The zero-order valence-electron chi connectivity index (χ0n) is 15.1. The molecule has 7 nitrogen and oxygen atoms in total. The van der Waals surface area contributed by atoms with E-state index in [1.807, 2.05) is 12.3 Å². The average Bonchev–Trinajstić information content (AvgIpc) is 3.21.